The molecule has 0 bridgehead atoms. The van der Waals surface area contributed by atoms with Gasteiger partial charge >= 0.3 is 5.97 Å². The summed E-state index contributed by atoms with van der Waals surface area (Å²) in [7, 11) is 0. The molecule has 1 aromatic rings. The zero-order valence-corrected chi connectivity index (χ0v) is 12.3. The van der Waals surface area contributed by atoms with Gasteiger partial charge in [0.1, 0.15) is 0 Å². The van der Waals surface area contributed by atoms with Crippen LogP contribution < -0.4 is 0 Å². The van der Waals surface area contributed by atoms with Gasteiger partial charge in [-0.15, -0.1) is 0 Å². The number of amides is 1. The maximum Gasteiger partial charge on any atom is 0.305 e. The fourth-order valence-corrected chi connectivity index (χ4v) is 3.22. The van der Waals surface area contributed by atoms with Gasteiger partial charge in [-0.3, -0.25) is 9.59 Å². The molecule has 2 rings (SSSR count). The van der Waals surface area contributed by atoms with Crippen LogP contribution in [0, 0.1) is 6.92 Å². The van der Waals surface area contributed by atoms with Crippen molar-refractivity contribution in [3.05, 3.63) is 21.9 Å². The molecular formula is C14H19NO4S. The molecule has 1 amide bonds. The third kappa shape index (κ3) is 3.58. The summed E-state index contributed by atoms with van der Waals surface area (Å²) in [6.45, 7) is 3.42. The lowest BCUT2D eigenvalue weighted by Gasteiger charge is -2.34. The lowest BCUT2D eigenvalue weighted by Crippen LogP contribution is -2.44. The van der Waals surface area contributed by atoms with Crippen LogP contribution in [0.2, 0.25) is 0 Å². The third-order valence-electron chi connectivity index (χ3n) is 3.54. The molecular weight excluding hydrogens is 278 g/mol. The first-order valence-electron chi connectivity index (χ1n) is 6.73. The Morgan fingerprint density at radius 2 is 2.10 bits per heavy atom. The van der Waals surface area contributed by atoms with Crippen molar-refractivity contribution in [2.24, 2.45) is 0 Å². The van der Waals surface area contributed by atoms with E-state index in [-0.39, 0.29) is 24.9 Å². The van der Waals surface area contributed by atoms with Gasteiger partial charge in [0.05, 0.1) is 12.0 Å². The van der Waals surface area contributed by atoms with Gasteiger partial charge in [-0.1, -0.05) is 0 Å². The largest absolute Gasteiger partial charge is 0.481 e. The zero-order valence-electron chi connectivity index (χ0n) is 11.5. The molecule has 0 radical (unpaired) electrons. The smallest absolute Gasteiger partial charge is 0.305 e. The van der Waals surface area contributed by atoms with Gasteiger partial charge in [-0.25, -0.2) is 0 Å². The van der Waals surface area contributed by atoms with Crippen molar-refractivity contribution in [3.8, 4) is 0 Å². The van der Waals surface area contributed by atoms with Crippen molar-refractivity contribution >= 4 is 23.2 Å². The van der Waals surface area contributed by atoms with E-state index >= 15 is 0 Å². The number of hydrogen-bond donors (Lipinski definition) is 1. The third-order valence-corrected chi connectivity index (χ3v) is 4.41. The highest BCUT2D eigenvalue weighted by Gasteiger charge is 2.27. The fraction of sp³-hybridized carbons (Fsp3) is 0.571. The van der Waals surface area contributed by atoms with Crippen molar-refractivity contribution < 1.29 is 19.4 Å². The Morgan fingerprint density at radius 1 is 1.40 bits per heavy atom. The molecule has 0 atom stereocenters. The lowest BCUT2D eigenvalue weighted by atomic mass is 10.0. The van der Waals surface area contributed by atoms with Crippen LogP contribution in [0.25, 0.3) is 0 Å². The molecule has 20 heavy (non-hydrogen) atoms. The number of nitrogens with zero attached hydrogens (tertiary/aromatic N) is 1. The first-order chi connectivity index (χ1) is 9.59. The summed E-state index contributed by atoms with van der Waals surface area (Å²) >= 11 is 1.49. The number of carboxylic acids is 1. The molecule has 1 fully saturated rings. The minimum Gasteiger partial charge on any atom is -0.481 e. The van der Waals surface area contributed by atoms with E-state index in [0.717, 1.165) is 18.4 Å². The highest BCUT2D eigenvalue weighted by molar-refractivity contribution is 7.08. The van der Waals surface area contributed by atoms with E-state index in [1.54, 1.807) is 4.90 Å². The van der Waals surface area contributed by atoms with E-state index < -0.39 is 5.97 Å². The maximum absolute atomic E-state index is 12.6. The minimum atomic E-state index is -0.878. The first kappa shape index (κ1) is 15.0. The van der Waals surface area contributed by atoms with E-state index in [9.17, 15) is 9.59 Å². The summed E-state index contributed by atoms with van der Waals surface area (Å²) in [5, 5.41) is 12.6. The summed E-state index contributed by atoms with van der Waals surface area (Å²) < 4.78 is 5.32. The molecule has 6 heteroatoms. The summed E-state index contributed by atoms with van der Waals surface area (Å²) in [6, 6.07) is 0.0786. The second-order valence-corrected chi connectivity index (χ2v) is 5.70. The number of aryl methyl sites for hydroxylation is 1. The van der Waals surface area contributed by atoms with Crippen LogP contribution in [0.5, 0.6) is 0 Å². The van der Waals surface area contributed by atoms with Gasteiger partial charge in [-0.05, 0) is 30.7 Å². The van der Waals surface area contributed by atoms with Crippen LogP contribution in [-0.4, -0.2) is 47.7 Å². The monoisotopic (exact) mass is 297 g/mol. The predicted molar refractivity (Wildman–Crippen MR) is 76.2 cm³/mol. The zero-order chi connectivity index (χ0) is 14.5. The minimum absolute atomic E-state index is 0.0215. The molecule has 1 saturated heterocycles. The number of hydrogen-bond acceptors (Lipinski definition) is 4. The Labute approximate surface area is 122 Å². The number of carbonyl (C=O) groups is 2. The maximum atomic E-state index is 12.6. The predicted octanol–water partition coefficient (Wildman–Crippen LogP) is 2.15. The normalized spacial score (nSPS) is 16.1. The van der Waals surface area contributed by atoms with E-state index in [0.29, 0.717) is 18.8 Å². The summed E-state index contributed by atoms with van der Waals surface area (Å²) in [5.74, 6) is -0.936. The lowest BCUT2D eigenvalue weighted by molar-refractivity contribution is -0.137. The molecule has 0 spiro atoms. The molecule has 1 aliphatic heterocycles. The SMILES string of the molecule is Cc1cscc1C(=O)N(CCC(=O)O)C1CCOCC1. The number of rotatable bonds is 5. The average molecular weight is 297 g/mol. The molecule has 1 aromatic heterocycles. The number of thiophene rings is 1. The van der Waals surface area contributed by atoms with Crippen LogP contribution in [0.1, 0.15) is 35.2 Å². The molecule has 2 heterocycles. The second-order valence-electron chi connectivity index (χ2n) is 4.95. The van der Waals surface area contributed by atoms with Gasteiger partial charge < -0.3 is 14.7 Å². The topological polar surface area (TPSA) is 66.8 Å². The summed E-state index contributed by atoms with van der Waals surface area (Å²) in [4.78, 5) is 25.2. The molecule has 1 N–H and O–H groups in total. The Balaban J connectivity index is 2.14. The van der Waals surface area contributed by atoms with Crippen molar-refractivity contribution in [2.45, 2.75) is 32.2 Å². The van der Waals surface area contributed by atoms with Crippen LogP contribution in [0.15, 0.2) is 10.8 Å². The summed E-state index contributed by atoms with van der Waals surface area (Å²) in [5.41, 5.74) is 1.64. The van der Waals surface area contributed by atoms with E-state index in [1.165, 1.54) is 11.3 Å². The number of ether oxygens (including phenoxy) is 1. The average Bonchev–Trinajstić information content (AvgIpc) is 2.86. The Hall–Kier alpha value is -1.40. The molecule has 0 saturated carbocycles. The molecule has 110 valence electrons. The Kier molecular flexibility index (Phi) is 5.14. The molecule has 1 aliphatic rings. The quantitative estimate of drug-likeness (QED) is 0.904. The van der Waals surface area contributed by atoms with Crippen LogP contribution in [0.4, 0.5) is 0 Å². The number of aliphatic carboxylic acids is 1. The summed E-state index contributed by atoms with van der Waals surface area (Å²) in [6.07, 6.45) is 1.52. The van der Waals surface area contributed by atoms with Crippen LogP contribution >= 0.6 is 11.3 Å². The van der Waals surface area contributed by atoms with E-state index in [2.05, 4.69) is 0 Å². The Bertz CT molecular complexity index is 479. The molecule has 0 aliphatic carbocycles. The molecule has 0 unspecified atom stereocenters. The number of carboxylic acid groups (broad SMARTS) is 1. The van der Waals surface area contributed by atoms with Crippen molar-refractivity contribution in [1.29, 1.82) is 0 Å². The van der Waals surface area contributed by atoms with Gasteiger partial charge in [-0.2, -0.15) is 11.3 Å². The van der Waals surface area contributed by atoms with Gasteiger partial charge in [0.15, 0.2) is 0 Å². The van der Waals surface area contributed by atoms with E-state index in [1.807, 2.05) is 17.7 Å². The van der Waals surface area contributed by atoms with Gasteiger partial charge in [0, 0.05) is 31.2 Å². The molecule has 0 aromatic carbocycles. The van der Waals surface area contributed by atoms with Crippen molar-refractivity contribution in [1.82, 2.24) is 4.90 Å². The highest BCUT2D eigenvalue weighted by atomic mass is 32.1. The van der Waals surface area contributed by atoms with Gasteiger partial charge in [0.2, 0.25) is 0 Å². The van der Waals surface area contributed by atoms with Crippen molar-refractivity contribution in [3.63, 3.8) is 0 Å². The van der Waals surface area contributed by atoms with E-state index in [4.69, 9.17) is 9.84 Å². The fourth-order valence-electron chi connectivity index (χ4n) is 2.40. The number of carbonyl (C=O) groups excluding carboxylic acids is 1. The van der Waals surface area contributed by atoms with Gasteiger partial charge in [0.25, 0.3) is 5.91 Å². The second kappa shape index (κ2) is 6.85. The Morgan fingerprint density at radius 3 is 2.65 bits per heavy atom. The standard InChI is InChI=1S/C14H19NO4S/c1-10-8-20-9-12(10)14(18)15(5-2-13(16)17)11-3-6-19-7-4-11/h8-9,11H,2-7H2,1H3,(H,16,17). The highest BCUT2D eigenvalue weighted by Crippen LogP contribution is 2.21. The van der Waals surface area contributed by atoms with Crippen LogP contribution in [-0.2, 0) is 9.53 Å². The van der Waals surface area contributed by atoms with Crippen LogP contribution in [0.3, 0.4) is 0 Å². The van der Waals surface area contributed by atoms with Crippen molar-refractivity contribution in [2.75, 3.05) is 19.8 Å². The molecule has 5 nitrogen and oxygen atoms in total. The first-order valence-corrected chi connectivity index (χ1v) is 7.67.